The average Bonchev–Trinajstić information content (AvgIpc) is 3.03. The van der Waals surface area contributed by atoms with Crippen LogP contribution >= 0.6 is 0 Å². The normalized spacial score (nSPS) is 15.4. The van der Waals surface area contributed by atoms with Gasteiger partial charge in [-0.3, -0.25) is 4.18 Å². The van der Waals surface area contributed by atoms with E-state index in [0.717, 1.165) is 54.5 Å². The number of hydrogen-bond acceptors (Lipinski definition) is 8. The summed E-state index contributed by atoms with van der Waals surface area (Å²) in [4.78, 5) is 7.23. The summed E-state index contributed by atoms with van der Waals surface area (Å²) < 4.78 is 49.4. The summed E-state index contributed by atoms with van der Waals surface area (Å²) in [6.45, 7) is 8.88. The van der Waals surface area contributed by atoms with Crippen molar-refractivity contribution in [1.29, 1.82) is 0 Å². The van der Waals surface area contributed by atoms with Gasteiger partial charge in [0.2, 0.25) is 0 Å². The molecular weight excluding hydrogens is 564 g/mol. The lowest BCUT2D eigenvalue weighted by Crippen LogP contribution is -2.26. The number of rotatable bonds is 13. The van der Waals surface area contributed by atoms with Gasteiger partial charge in [-0.25, -0.2) is 4.98 Å². The van der Waals surface area contributed by atoms with Gasteiger partial charge in [-0.2, -0.15) is 8.42 Å². The molecule has 0 spiro atoms. The van der Waals surface area contributed by atoms with Gasteiger partial charge in [-0.15, -0.1) is 0 Å². The van der Waals surface area contributed by atoms with E-state index in [1.807, 2.05) is 43.3 Å². The Morgan fingerprint density at radius 2 is 1.72 bits per heavy atom. The number of para-hydroxylation sites is 2. The topological polar surface area (TPSA) is 87.2 Å². The van der Waals surface area contributed by atoms with Crippen molar-refractivity contribution in [3.05, 3.63) is 78.4 Å². The lowest BCUT2D eigenvalue weighted by atomic mass is 10.1. The largest absolute Gasteiger partial charge is 0.491 e. The maximum Gasteiger partial charge on any atom is 0.300 e. The van der Waals surface area contributed by atoms with E-state index >= 15 is 0 Å². The van der Waals surface area contributed by atoms with Crippen molar-refractivity contribution in [2.75, 3.05) is 37.8 Å². The number of anilines is 1. The molecule has 1 aromatic heterocycles. The van der Waals surface area contributed by atoms with Crippen molar-refractivity contribution in [2.45, 2.75) is 57.6 Å². The number of pyridine rings is 1. The number of aryl methyl sites for hydroxylation is 1. The molecule has 3 aromatic carbocycles. The van der Waals surface area contributed by atoms with Gasteiger partial charge in [-0.1, -0.05) is 42.5 Å². The van der Waals surface area contributed by atoms with Gasteiger partial charge in [0.1, 0.15) is 21.9 Å². The molecule has 228 valence electrons. The van der Waals surface area contributed by atoms with Crippen LogP contribution in [0.25, 0.3) is 22.2 Å². The molecule has 0 saturated carbocycles. The van der Waals surface area contributed by atoms with Crippen molar-refractivity contribution in [1.82, 2.24) is 4.98 Å². The fourth-order valence-corrected chi connectivity index (χ4v) is 6.36. The molecule has 9 heteroatoms. The minimum absolute atomic E-state index is 0.0125. The van der Waals surface area contributed by atoms with Gasteiger partial charge < -0.3 is 19.1 Å². The van der Waals surface area contributed by atoms with Crippen LogP contribution in [0.4, 0.5) is 5.69 Å². The van der Waals surface area contributed by atoms with E-state index in [-0.39, 0.29) is 23.9 Å². The lowest BCUT2D eigenvalue weighted by Gasteiger charge is -2.25. The summed E-state index contributed by atoms with van der Waals surface area (Å²) in [5.74, 6) is 0.926. The summed E-state index contributed by atoms with van der Waals surface area (Å²) in [7, 11) is -4.04. The number of ether oxygens (including phenoxy) is 3. The van der Waals surface area contributed by atoms with Gasteiger partial charge in [-0.05, 0) is 69.5 Å². The molecule has 1 fully saturated rings. The number of hydrogen-bond donors (Lipinski definition) is 0. The Kier molecular flexibility index (Phi) is 10.2. The van der Waals surface area contributed by atoms with Crippen molar-refractivity contribution in [3.8, 4) is 22.8 Å². The highest BCUT2D eigenvalue weighted by atomic mass is 32.2. The summed E-state index contributed by atoms with van der Waals surface area (Å²) in [6.07, 6.45) is 2.59. The Morgan fingerprint density at radius 1 is 0.930 bits per heavy atom. The molecule has 0 N–H and O–H groups in total. The molecule has 43 heavy (non-hydrogen) atoms. The Hall–Kier alpha value is -3.66. The lowest BCUT2D eigenvalue weighted by molar-refractivity contribution is -0.107. The van der Waals surface area contributed by atoms with Crippen molar-refractivity contribution in [3.63, 3.8) is 0 Å². The van der Waals surface area contributed by atoms with Crippen molar-refractivity contribution >= 4 is 26.7 Å². The molecule has 1 unspecified atom stereocenters. The molecule has 0 bridgehead atoms. The number of aromatic nitrogens is 1. The standard InChI is InChI=1S/C34H40N2O6S/c1-4-36(5-2)28-19-16-26(17-20-28)29-21-18-27-12-9-13-30(33(27)35-29)39-23-10-24-41-43(37,38)31-14-8-11-25(3)34(31)42-32-15-6-7-22-40-32/h8-9,11-14,16-21,32H,4-7,10,15,22-24H2,1-3H3. The molecule has 1 atom stereocenters. The molecule has 0 amide bonds. The van der Waals surface area contributed by atoms with Crippen LogP contribution in [0.15, 0.2) is 77.7 Å². The highest BCUT2D eigenvalue weighted by Crippen LogP contribution is 2.32. The van der Waals surface area contributed by atoms with E-state index in [9.17, 15) is 8.42 Å². The third-order valence-electron chi connectivity index (χ3n) is 7.59. The second-order valence-corrected chi connectivity index (χ2v) is 12.1. The van der Waals surface area contributed by atoms with Gasteiger partial charge in [0.25, 0.3) is 0 Å². The Balaban J connectivity index is 1.21. The quantitative estimate of drug-likeness (QED) is 0.118. The molecular formula is C34H40N2O6S. The zero-order valence-electron chi connectivity index (χ0n) is 25.1. The van der Waals surface area contributed by atoms with Gasteiger partial charge in [0, 0.05) is 42.6 Å². The summed E-state index contributed by atoms with van der Waals surface area (Å²) in [5, 5.41) is 0.966. The molecule has 1 aliphatic rings. The molecule has 4 aromatic rings. The minimum atomic E-state index is -4.04. The van der Waals surface area contributed by atoms with Crippen molar-refractivity contribution in [2.24, 2.45) is 0 Å². The monoisotopic (exact) mass is 604 g/mol. The van der Waals surface area contributed by atoms with E-state index in [1.165, 1.54) is 11.8 Å². The van der Waals surface area contributed by atoms with Crippen LogP contribution in [0.3, 0.4) is 0 Å². The molecule has 5 rings (SSSR count). The van der Waals surface area contributed by atoms with E-state index < -0.39 is 16.4 Å². The fraction of sp³-hybridized carbons (Fsp3) is 0.382. The zero-order valence-corrected chi connectivity index (χ0v) is 25.9. The molecule has 0 aliphatic carbocycles. The molecule has 2 heterocycles. The van der Waals surface area contributed by atoms with Crippen LogP contribution in [-0.2, 0) is 19.0 Å². The molecule has 8 nitrogen and oxygen atoms in total. The van der Waals surface area contributed by atoms with Crippen LogP contribution in [-0.4, -0.2) is 52.6 Å². The van der Waals surface area contributed by atoms with Crippen LogP contribution in [0.5, 0.6) is 11.5 Å². The molecule has 0 radical (unpaired) electrons. The fourth-order valence-electron chi connectivity index (χ4n) is 5.21. The summed E-state index contributed by atoms with van der Waals surface area (Å²) >= 11 is 0. The smallest absolute Gasteiger partial charge is 0.300 e. The Morgan fingerprint density at radius 3 is 2.47 bits per heavy atom. The third-order valence-corrected chi connectivity index (χ3v) is 8.93. The Labute approximate surface area is 254 Å². The van der Waals surface area contributed by atoms with E-state index in [4.69, 9.17) is 23.4 Å². The second kappa shape index (κ2) is 14.2. The van der Waals surface area contributed by atoms with Crippen LogP contribution in [0.2, 0.25) is 0 Å². The first-order chi connectivity index (χ1) is 20.9. The van der Waals surface area contributed by atoms with Crippen LogP contribution in [0, 0.1) is 6.92 Å². The van der Waals surface area contributed by atoms with E-state index in [1.54, 1.807) is 6.07 Å². The first kappa shape index (κ1) is 30.8. The van der Waals surface area contributed by atoms with Gasteiger partial charge in [0.05, 0.1) is 25.5 Å². The first-order valence-corrected chi connectivity index (χ1v) is 16.5. The second-order valence-electron chi connectivity index (χ2n) is 10.5. The summed E-state index contributed by atoms with van der Waals surface area (Å²) in [6, 6.07) is 23.3. The number of fused-ring (bicyclic) bond motifs is 1. The van der Waals surface area contributed by atoms with E-state index in [2.05, 4.69) is 43.0 Å². The predicted octanol–water partition coefficient (Wildman–Crippen LogP) is 7.14. The number of nitrogens with zero attached hydrogens (tertiary/aromatic N) is 2. The van der Waals surface area contributed by atoms with Crippen LogP contribution < -0.4 is 14.4 Å². The first-order valence-electron chi connectivity index (χ1n) is 15.0. The molecule has 1 aliphatic heterocycles. The maximum atomic E-state index is 13.1. The molecule has 1 saturated heterocycles. The maximum absolute atomic E-state index is 13.1. The average molecular weight is 605 g/mol. The predicted molar refractivity (Wildman–Crippen MR) is 169 cm³/mol. The highest BCUT2D eigenvalue weighted by Gasteiger charge is 2.25. The summed E-state index contributed by atoms with van der Waals surface area (Å²) in [5.41, 5.74) is 4.55. The van der Waals surface area contributed by atoms with Crippen LogP contribution in [0.1, 0.15) is 45.1 Å². The zero-order chi connectivity index (χ0) is 30.2. The van der Waals surface area contributed by atoms with Crippen molar-refractivity contribution < 1.29 is 26.8 Å². The van der Waals surface area contributed by atoms with E-state index in [0.29, 0.717) is 24.3 Å². The van der Waals surface area contributed by atoms with Gasteiger partial charge in [0.15, 0.2) is 6.29 Å². The SMILES string of the molecule is CCN(CC)c1ccc(-c2ccc3cccc(OCCCOS(=O)(=O)c4cccc(C)c4OC4CCCCO4)c3n2)cc1. The minimum Gasteiger partial charge on any atom is -0.491 e. The highest BCUT2D eigenvalue weighted by molar-refractivity contribution is 7.86. The van der Waals surface area contributed by atoms with Gasteiger partial charge >= 0.3 is 10.1 Å². The third kappa shape index (κ3) is 7.47. The Bertz CT molecular complexity index is 1610. The number of benzene rings is 3.